The van der Waals surface area contributed by atoms with E-state index in [9.17, 15) is 4.79 Å². The number of benzene rings is 1. The van der Waals surface area contributed by atoms with Crippen LogP contribution in [0.2, 0.25) is 0 Å². The van der Waals surface area contributed by atoms with Crippen molar-refractivity contribution in [3.05, 3.63) is 35.9 Å². The summed E-state index contributed by atoms with van der Waals surface area (Å²) in [6, 6.07) is 11.8. The lowest BCUT2D eigenvalue weighted by Gasteiger charge is -2.16. The summed E-state index contributed by atoms with van der Waals surface area (Å²) in [7, 11) is 0. The van der Waals surface area contributed by atoms with Crippen molar-refractivity contribution in [1.82, 2.24) is 10.6 Å². The molecule has 1 aliphatic carbocycles. The minimum Gasteiger partial charge on any atom is -0.334 e. The Morgan fingerprint density at radius 2 is 2.11 bits per heavy atom. The first-order valence-corrected chi connectivity index (χ1v) is 6.27. The van der Waals surface area contributed by atoms with Crippen molar-refractivity contribution in [3.8, 4) is 6.07 Å². The van der Waals surface area contributed by atoms with E-state index in [0.29, 0.717) is 6.54 Å². The van der Waals surface area contributed by atoms with Crippen molar-refractivity contribution in [2.45, 2.75) is 31.8 Å². The van der Waals surface area contributed by atoms with E-state index in [1.54, 1.807) is 0 Å². The molecule has 4 nitrogen and oxygen atoms in total. The largest absolute Gasteiger partial charge is 0.334 e. The van der Waals surface area contributed by atoms with Crippen LogP contribution in [0.25, 0.3) is 0 Å². The van der Waals surface area contributed by atoms with Gasteiger partial charge in [0.2, 0.25) is 0 Å². The number of carbonyl (C=O) groups excluding carboxylic acids is 1. The van der Waals surface area contributed by atoms with Gasteiger partial charge in [-0.05, 0) is 24.8 Å². The van der Waals surface area contributed by atoms with Gasteiger partial charge in [-0.2, -0.15) is 5.26 Å². The summed E-state index contributed by atoms with van der Waals surface area (Å²) < 4.78 is 0. The first-order valence-electron chi connectivity index (χ1n) is 6.27. The first-order chi connectivity index (χ1) is 8.79. The third kappa shape index (κ3) is 3.24. The van der Waals surface area contributed by atoms with Gasteiger partial charge in [-0.25, -0.2) is 4.79 Å². The van der Waals surface area contributed by atoms with E-state index in [0.717, 1.165) is 24.8 Å². The van der Waals surface area contributed by atoms with Crippen LogP contribution in [-0.2, 0) is 6.54 Å². The van der Waals surface area contributed by atoms with Gasteiger partial charge in [0.05, 0.1) is 12.0 Å². The van der Waals surface area contributed by atoms with E-state index in [1.807, 2.05) is 30.3 Å². The second kappa shape index (κ2) is 6.06. The third-order valence-electron chi connectivity index (χ3n) is 3.29. The number of hydrogen-bond acceptors (Lipinski definition) is 2. The molecule has 94 valence electrons. The Balaban J connectivity index is 1.77. The molecule has 2 N–H and O–H groups in total. The predicted molar refractivity (Wildman–Crippen MR) is 68.6 cm³/mol. The number of rotatable bonds is 3. The first kappa shape index (κ1) is 12.4. The molecule has 2 rings (SSSR count). The van der Waals surface area contributed by atoms with Gasteiger partial charge in [0, 0.05) is 12.6 Å². The zero-order valence-electron chi connectivity index (χ0n) is 10.2. The van der Waals surface area contributed by atoms with Gasteiger partial charge in [0.1, 0.15) is 0 Å². The molecule has 2 amide bonds. The molecule has 0 aromatic heterocycles. The van der Waals surface area contributed by atoms with Gasteiger partial charge < -0.3 is 10.6 Å². The molecule has 1 aliphatic rings. The average Bonchev–Trinajstić information content (AvgIpc) is 2.85. The van der Waals surface area contributed by atoms with E-state index in [-0.39, 0.29) is 18.0 Å². The van der Waals surface area contributed by atoms with Crippen LogP contribution in [0.4, 0.5) is 4.79 Å². The third-order valence-corrected chi connectivity index (χ3v) is 3.29. The fraction of sp³-hybridized carbons (Fsp3) is 0.429. The van der Waals surface area contributed by atoms with Crippen molar-refractivity contribution in [2.75, 3.05) is 0 Å². The lowest BCUT2D eigenvalue weighted by molar-refractivity contribution is 0.235. The number of carbonyl (C=O) groups is 1. The zero-order chi connectivity index (χ0) is 12.8. The maximum Gasteiger partial charge on any atom is 0.315 e. The molecule has 0 aliphatic heterocycles. The van der Waals surface area contributed by atoms with Gasteiger partial charge in [0.25, 0.3) is 0 Å². The Morgan fingerprint density at radius 3 is 2.83 bits per heavy atom. The lowest BCUT2D eigenvalue weighted by atomic mass is 10.1. The van der Waals surface area contributed by atoms with Gasteiger partial charge >= 0.3 is 6.03 Å². The molecule has 0 bridgehead atoms. The standard InChI is InChI=1S/C14H17N3O/c15-9-12-7-4-8-13(12)17-14(18)16-10-11-5-2-1-3-6-11/h1-3,5-6,12-13H,4,7-8,10H2,(H2,16,17,18). The monoisotopic (exact) mass is 243 g/mol. The zero-order valence-corrected chi connectivity index (χ0v) is 10.2. The molecule has 0 heterocycles. The van der Waals surface area contributed by atoms with Crippen LogP contribution in [0.3, 0.4) is 0 Å². The maximum atomic E-state index is 11.7. The van der Waals surface area contributed by atoms with E-state index in [1.165, 1.54) is 0 Å². The normalized spacial score (nSPS) is 22.2. The second-order valence-electron chi connectivity index (χ2n) is 4.59. The molecule has 4 heteroatoms. The summed E-state index contributed by atoms with van der Waals surface area (Å²) in [4.78, 5) is 11.7. The highest BCUT2D eigenvalue weighted by atomic mass is 16.2. The minimum absolute atomic E-state index is 0.00535. The molecule has 1 aromatic rings. The number of nitrogens with one attached hydrogen (secondary N) is 2. The van der Waals surface area contributed by atoms with Crippen molar-refractivity contribution in [1.29, 1.82) is 5.26 Å². The number of amides is 2. The van der Waals surface area contributed by atoms with E-state index in [2.05, 4.69) is 16.7 Å². The summed E-state index contributed by atoms with van der Waals surface area (Å²) in [6.45, 7) is 0.511. The van der Waals surface area contributed by atoms with E-state index in [4.69, 9.17) is 5.26 Å². The van der Waals surface area contributed by atoms with Crippen molar-refractivity contribution in [3.63, 3.8) is 0 Å². The molecule has 0 radical (unpaired) electrons. The number of hydrogen-bond donors (Lipinski definition) is 2. The van der Waals surface area contributed by atoms with Gasteiger partial charge in [-0.15, -0.1) is 0 Å². The van der Waals surface area contributed by atoms with Gasteiger partial charge in [-0.1, -0.05) is 30.3 Å². The quantitative estimate of drug-likeness (QED) is 0.854. The molecule has 1 saturated carbocycles. The molecule has 2 unspecified atom stereocenters. The van der Waals surface area contributed by atoms with E-state index < -0.39 is 0 Å². The second-order valence-corrected chi connectivity index (χ2v) is 4.59. The lowest BCUT2D eigenvalue weighted by Crippen LogP contribution is -2.43. The van der Waals surface area contributed by atoms with Crippen LogP contribution >= 0.6 is 0 Å². The summed E-state index contributed by atoms with van der Waals surface area (Å²) >= 11 is 0. The van der Waals surface area contributed by atoms with Crippen LogP contribution < -0.4 is 10.6 Å². The Morgan fingerprint density at radius 1 is 1.33 bits per heavy atom. The Bertz CT molecular complexity index is 438. The average molecular weight is 243 g/mol. The molecule has 1 fully saturated rings. The molecular formula is C14H17N3O. The molecule has 0 spiro atoms. The fourth-order valence-electron chi connectivity index (χ4n) is 2.28. The molecule has 18 heavy (non-hydrogen) atoms. The summed E-state index contributed by atoms with van der Waals surface area (Å²) in [5.74, 6) is -0.0347. The fourth-order valence-corrected chi connectivity index (χ4v) is 2.28. The topological polar surface area (TPSA) is 64.9 Å². The summed E-state index contributed by atoms with van der Waals surface area (Å²) in [5, 5.41) is 14.6. The minimum atomic E-state index is -0.189. The van der Waals surface area contributed by atoms with Crippen molar-refractivity contribution in [2.24, 2.45) is 5.92 Å². The smallest absolute Gasteiger partial charge is 0.315 e. The molecular weight excluding hydrogens is 226 g/mol. The van der Waals surface area contributed by atoms with Crippen LogP contribution in [0.5, 0.6) is 0 Å². The van der Waals surface area contributed by atoms with Crippen LogP contribution in [-0.4, -0.2) is 12.1 Å². The van der Waals surface area contributed by atoms with Crippen molar-refractivity contribution < 1.29 is 4.79 Å². The number of nitrogens with zero attached hydrogens (tertiary/aromatic N) is 1. The van der Waals surface area contributed by atoms with Crippen molar-refractivity contribution >= 4 is 6.03 Å². The molecule has 1 aromatic carbocycles. The van der Waals surface area contributed by atoms with Gasteiger partial charge in [-0.3, -0.25) is 0 Å². The Hall–Kier alpha value is -2.02. The maximum absolute atomic E-state index is 11.7. The highest BCUT2D eigenvalue weighted by Gasteiger charge is 2.28. The van der Waals surface area contributed by atoms with E-state index >= 15 is 0 Å². The van der Waals surface area contributed by atoms with Crippen LogP contribution in [0.15, 0.2) is 30.3 Å². The molecule has 0 saturated heterocycles. The molecule has 2 atom stereocenters. The Kier molecular flexibility index (Phi) is 4.19. The highest BCUT2D eigenvalue weighted by Crippen LogP contribution is 2.24. The highest BCUT2D eigenvalue weighted by molar-refractivity contribution is 5.74. The number of nitriles is 1. The number of urea groups is 1. The Labute approximate surface area is 107 Å². The van der Waals surface area contributed by atoms with Gasteiger partial charge in [0.15, 0.2) is 0 Å². The summed E-state index contributed by atoms with van der Waals surface area (Å²) in [5.41, 5.74) is 1.07. The predicted octanol–water partition coefficient (Wildman–Crippen LogP) is 2.18. The van der Waals surface area contributed by atoms with Crippen LogP contribution in [0.1, 0.15) is 24.8 Å². The summed E-state index contributed by atoms with van der Waals surface area (Å²) in [6.07, 6.45) is 2.80. The SMILES string of the molecule is N#CC1CCCC1NC(=O)NCc1ccccc1. The van der Waals surface area contributed by atoms with Crippen LogP contribution in [0, 0.1) is 17.2 Å².